The van der Waals surface area contributed by atoms with Crippen molar-refractivity contribution in [1.82, 2.24) is 9.55 Å². The lowest BCUT2D eigenvalue weighted by atomic mass is 10.1. The van der Waals surface area contributed by atoms with Crippen LogP contribution in [0, 0.1) is 12.7 Å². The van der Waals surface area contributed by atoms with E-state index in [1.807, 2.05) is 6.92 Å². The van der Waals surface area contributed by atoms with Gasteiger partial charge in [0, 0.05) is 12.1 Å². The molecule has 0 fully saturated rings. The van der Waals surface area contributed by atoms with Gasteiger partial charge in [-0.15, -0.1) is 0 Å². The quantitative estimate of drug-likeness (QED) is 0.865. The largest absolute Gasteiger partial charge is 0.298 e. The Morgan fingerprint density at radius 2 is 2.16 bits per heavy atom. The van der Waals surface area contributed by atoms with Gasteiger partial charge in [-0.2, -0.15) is 0 Å². The molecule has 1 aromatic heterocycles. The summed E-state index contributed by atoms with van der Waals surface area (Å²) in [5, 5.41) is 0. The predicted molar refractivity (Wildman–Crippen MR) is 76.6 cm³/mol. The monoisotopic (exact) mass is 324 g/mol. The predicted octanol–water partition coefficient (Wildman–Crippen LogP) is 3.53. The van der Waals surface area contributed by atoms with Crippen LogP contribution in [0.1, 0.15) is 18.9 Å². The SMILES string of the molecule is CCCn1cnc(-c2ccc(F)c(C)c2)c(Br)c1=O. The summed E-state index contributed by atoms with van der Waals surface area (Å²) in [5.41, 5.74) is 1.68. The third-order valence-electron chi connectivity index (χ3n) is 2.88. The number of hydrogen-bond donors (Lipinski definition) is 0. The van der Waals surface area contributed by atoms with E-state index in [0.717, 1.165) is 12.0 Å². The third-order valence-corrected chi connectivity index (χ3v) is 3.59. The van der Waals surface area contributed by atoms with Crippen LogP contribution >= 0.6 is 15.9 Å². The van der Waals surface area contributed by atoms with Crippen molar-refractivity contribution in [1.29, 1.82) is 0 Å². The van der Waals surface area contributed by atoms with E-state index in [0.29, 0.717) is 22.3 Å². The lowest BCUT2D eigenvalue weighted by Crippen LogP contribution is -2.21. The summed E-state index contributed by atoms with van der Waals surface area (Å²) < 4.78 is 15.2. The molecule has 0 aliphatic heterocycles. The van der Waals surface area contributed by atoms with Crippen molar-refractivity contribution in [3.05, 3.63) is 50.7 Å². The molecular weight excluding hydrogens is 311 g/mol. The van der Waals surface area contributed by atoms with Gasteiger partial charge >= 0.3 is 0 Å². The second-order valence-corrected chi connectivity index (χ2v) is 5.16. The van der Waals surface area contributed by atoms with Crippen molar-refractivity contribution in [3.8, 4) is 11.3 Å². The average Bonchev–Trinajstić information content (AvgIpc) is 2.39. The Morgan fingerprint density at radius 1 is 1.42 bits per heavy atom. The average molecular weight is 325 g/mol. The van der Waals surface area contributed by atoms with Crippen molar-refractivity contribution >= 4 is 15.9 Å². The van der Waals surface area contributed by atoms with E-state index >= 15 is 0 Å². The Labute approximate surface area is 119 Å². The molecule has 0 N–H and O–H groups in total. The summed E-state index contributed by atoms with van der Waals surface area (Å²) >= 11 is 3.29. The van der Waals surface area contributed by atoms with Crippen LogP contribution in [0.5, 0.6) is 0 Å². The molecule has 0 aliphatic carbocycles. The first-order valence-electron chi connectivity index (χ1n) is 6.06. The zero-order valence-electron chi connectivity index (χ0n) is 10.8. The molecule has 5 heteroatoms. The summed E-state index contributed by atoms with van der Waals surface area (Å²) in [6.07, 6.45) is 2.40. The molecule has 1 heterocycles. The second-order valence-electron chi connectivity index (χ2n) is 4.37. The minimum Gasteiger partial charge on any atom is -0.298 e. The summed E-state index contributed by atoms with van der Waals surface area (Å²) in [4.78, 5) is 16.4. The summed E-state index contributed by atoms with van der Waals surface area (Å²) in [5.74, 6) is -0.265. The standard InChI is InChI=1S/C14H14BrFN2O/c1-3-6-18-8-17-13(12(15)14(18)19)10-4-5-11(16)9(2)7-10/h4-5,7-8H,3,6H2,1-2H3. The van der Waals surface area contributed by atoms with Crippen LogP contribution in [0.25, 0.3) is 11.3 Å². The summed E-state index contributed by atoms with van der Waals surface area (Å²) in [7, 11) is 0. The fourth-order valence-electron chi connectivity index (χ4n) is 1.86. The Morgan fingerprint density at radius 3 is 2.79 bits per heavy atom. The lowest BCUT2D eigenvalue weighted by molar-refractivity contribution is 0.618. The zero-order chi connectivity index (χ0) is 14.0. The van der Waals surface area contributed by atoms with E-state index in [1.54, 1.807) is 23.6 Å². The first kappa shape index (κ1) is 13.9. The highest BCUT2D eigenvalue weighted by Crippen LogP contribution is 2.24. The lowest BCUT2D eigenvalue weighted by Gasteiger charge is -2.08. The van der Waals surface area contributed by atoms with Crippen molar-refractivity contribution in [2.45, 2.75) is 26.8 Å². The minimum absolute atomic E-state index is 0.117. The normalized spacial score (nSPS) is 10.7. The summed E-state index contributed by atoms with van der Waals surface area (Å²) in [6, 6.07) is 4.70. The Balaban J connectivity index is 2.54. The van der Waals surface area contributed by atoms with Crippen LogP contribution in [0.15, 0.2) is 33.8 Å². The van der Waals surface area contributed by atoms with Crippen LogP contribution in [0.2, 0.25) is 0 Å². The molecule has 0 saturated heterocycles. The van der Waals surface area contributed by atoms with E-state index in [-0.39, 0.29) is 11.4 Å². The number of halogens is 2. The van der Waals surface area contributed by atoms with E-state index in [1.165, 1.54) is 12.4 Å². The number of nitrogens with zero attached hydrogens (tertiary/aromatic N) is 2. The highest BCUT2D eigenvalue weighted by Gasteiger charge is 2.11. The molecule has 0 aliphatic rings. The molecule has 100 valence electrons. The molecule has 1 aromatic carbocycles. The van der Waals surface area contributed by atoms with Gasteiger partial charge in [0.25, 0.3) is 5.56 Å². The van der Waals surface area contributed by atoms with Gasteiger partial charge in [0.05, 0.1) is 12.0 Å². The maximum atomic E-state index is 13.3. The fraction of sp³-hybridized carbons (Fsp3) is 0.286. The van der Waals surface area contributed by atoms with E-state index < -0.39 is 0 Å². The maximum Gasteiger partial charge on any atom is 0.268 e. The molecule has 19 heavy (non-hydrogen) atoms. The first-order valence-corrected chi connectivity index (χ1v) is 6.85. The van der Waals surface area contributed by atoms with Gasteiger partial charge < -0.3 is 0 Å². The highest BCUT2D eigenvalue weighted by molar-refractivity contribution is 9.10. The molecule has 0 spiro atoms. The molecule has 2 rings (SSSR count). The summed E-state index contributed by atoms with van der Waals surface area (Å²) in [6.45, 7) is 4.32. The van der Waals surface area contributed by atoms with Crippen molar-refractivity contribution in [3.63, 3.8) is 0 Å². The molecule has 0 radical (unpaired) electrons. The molecule has 0 amide bonds. The van der Waals surface area contributed by atoms with Crippen LogP contribution < -0.4 is 5.56 Å². The topological polar surface area (TPSA) is 34.9 Å². The van der Waals surface area contributed by atoms with Gasteiger partial charge in [-0.3, -0.25) is 9.36 Å². The van der Waals surface area contributed by atoms with Gasteiger partial charge in [0.1, 0.15) is 10.3 Å². The number of hydrogen-bond acceptors (Lipinski definition) is 2. The number of rotatable bonds is 3. The highest BCUT2D eigenvalue weighted by atomic mass is 79.9. The smallest absolute Gasteiger partial charge is 0.268 e. The fourth-order valence-corrected chi connectivity index (χ4v) is 2.42. The Hall–Kier alpha value is -1.49. The Bertz CT molecular complexity index is 667. The molecule has 0 atom stereocenters. The second kappa shape index (κ2) is 5.65. The van der Waals surface area contributed by atoms with Crippen LogP contribution in [-0.2, 0) is 6.54 Å². The van der Waals surface area contributed by atoms with Gasteiger partial charge in [-0.05, 0) is 53.0 Å². The zero-order valence-corrected chi connectivity index (χ0v) is 12.4. The van der Waals surface area contributed by atoms with Crippen molar-refractivity contribution in [2.24, 2.45) is 0 Å². The van der Waals surface area contributed by atoms with Gasteiger partial charge in [-0.1, -0.05) is 6.92 Å². The van der Waals surface area contributed by atoms with Crippen molar-refractivity contribution in [2.75, 3.05) is 0 Å². The number of aromatic nitrogens is 2. The van der Waals surface area contributed by atoms with Gasteiger partial charge in [0.15, 0.2) is 0 Å². The molecule has 3 nitrogen and oxygen atoms in total. The molecule has 0 unspecified atom stereocenters. The molecule has 2 aromatic rings. The molecule has 0 saturated carbocycles. The van der Waals surface area contributed by atoms with E-state index in [9.17, 15) is 9.18 Å². The molecule has 0 bridgehead atoms. The van der Waals surface area contributed by atoms with E-state index in [2.05, 4.69) is 20.9 Å². The van der Waals surface area contributed by atoms with Crippen LogP contribution in [0.3, 0.4) is 0 Å². The van der Waals surface area contributed by atoms with Crippen molar-refractivity contribution < 1.29 is 4.39 Å². The van der Waals surface area contributed by atoms with Gasteiger partial charge in [0.2, 0.25) is 0 Å². The van der Waals surface area contributed by atoms with E-state index in [4.69, 9.17) is 0 Å². The third kappa shape index (κ3) is 2.76. The Kier molecular flexibility index (Phi) is 4.14. The van der Waals surface area contributed by atoms with Crippen LogP contribution in [0.4, 0.5) is 4.39 Å². The number of benzene rings is 1. The van der Waals surface area contributed by atoms with Gasteiger partial charge in [-0.25, -0.2) is 9.37 Å². The van der Waals surface area contributed by atoms with Crippen LogP contribution in [-0.4, -0.2) is 9.55 Å². The molecular formula is C14H14BrFN2O. The number of aryl methyl sites for hydroxylation is 2. The maximum absolute atomic E-state index is 13.3. The minimum atomic E-state index is -0.265. The first-order chi connectivity index (χ1) is 9.04.